The fourth-order valence-electron chi connectivity index (χ4n) is 3.82. The first-order valence-corrected chi connectivity index (χ1v) is 10.1. The van der Waals surface area contributed by atoms with E-state index in [2.05, 4.69) is 27.5 Å². The summed E-state index contributed by atoms with van der Waals surface area (Å²) in [4.78, 5) is 23.7. The molecular formula is C23H21FN6O. The number of carbonyl (C=O) groups is 1. The van der Waals surface area contributed by atoms with Gasteiger partial charge in [-0.15, -0.1) is 0 Å². The zero-order valence-electron chi connectivity index (χ0n) is 17.0. The molecule has 4 aromatic rings. The lowest BCUT2D eigenvalue weighted by molar-refractivity contribution is 0.191. The zero-order valence-corrected chi connectivity index (χ0v) is 17.0. The number of halogens is 1. The number of nitrogens with one attached hydrogen (secondary N) is 1. The summed E-state index contributed by atoms with van der Waals surface area (Å²) in [6.45, 7) is 1.44. The second kappa shape index (κ2) is 7.79. The topological polar surface area (TPSA) is 75.9 Å². The van der Waals surface area contributed by atoms with Gasteiger partial charge in [-0.1, -0.05) is 12.1 Å². The predicted molar refractivity (Wildman–Crippen MR) is 114 cm³/mol. The highest BCUT2D eigenvalue weighted by atomic mass is 19.1. The van der Waals surface area contributed by atoms with E-state index in [1.54, 1.807) is 21.7 Å². The first-order valence-electron chi connectivity index (χ1n) is 10.1. The number of carbonyl (C=O) groups excluding carboxylic acids is 1. The third kappa shape index (κ3) is 3.96. The number of hydrogen-bond acceptors (Lipinski definition) is 4. The van der Waals surface area contributed by atoms with Crippen molar-refractivity contribution in [2.45, 2.75) is 19.5 Å². The first kappa shape index (κ1) is 19.2. The number of aryl methyl sites for hydroxylation is 1. The van der Waals surface area contributed by atoms with E-state index in [1.165, 1.54) is 12.1 Å². The van der Waals surface area contributed by atoms with Crippen LogP contribution in [0.2, 0.25) is 0 Å². The van der Waals surface area contributed by atoms with Gasteiger partial charge in [0, 0.05) is 67.7 Å². The van der Waals surface area contributed by atoms with E-state index in [4.69, 9.17) is 4.98 Å². The third-order valence-electron chi connectivity index (χ3n) is 5.50. The number of rotatable bonds is 3. The maximum Gasteiger partial charge on any atom is 0.317 e. The van der Waals surface area contributed by atoms with E-state index in [0.717, 1.165) is 33.3 Å². The monoisotopic (exact) mass is 416 g/mol. The molecule has 0 fully saturated rings. The smallest absolute Gasteiger partial charge is 0.317 e. The van der Waals surface area contributed by atoms with Crippen LogP contribution in [0.15, 0.2) is 55.0 Å². The fourth-order valence-corrected chi connectivity index (χ4v) is 3.82. The van der Waals surface area contributed by atoms with E-state index in [-0.39, 0.29) is 11.8 Å². The lowest BCUT2D eigenvalue weighted by Gasteiger charge is -2.28. The SMILES string of the molecule is Cn1cc(-c2cnc3nc4c(cc3c2)CN(C(=O)NCc2ccc(F)cc2)CC4)cn1. The Kier molecular flexibility index (Phi) is 4.82. The highest BCUT2D eigenvalue weighted by Gasteiger charge is 2.22. The molecule has 1 aromatic carbocycles. The Balaban J connectivity index is 1.33. The summed E-state index contributed by atoms with van der Waals surface area (Å²) in [5, 5.41) is 8.07. The predicted octanol–water partition coefficient (Wildman–Crippen LogP) is 3.44. The highest BCUT2D eigenvalue weighted by molar-refractivity contribution is 5.82. The van der Waals surface area contributed by atoms with Crippen LogP contribution in [-0.4, -0.2) is 37.2 Å². The number of aromatic nitrogens is 4. The molecule has 0 spiro atoms. The van der Waals surface area contributed by atoms with Crippen LogP contribution in [0.25, 0.3) is 22.2 Å². The second-order valence-electron chi connectivity index (χ2n) is 7.72. The standard InChI is InChI=1S/C23H21FN6O/c1-29-13-19(12-27-29)17-8-16-9-18-14-30(7-6-21(18)28-22(16)25-11-17)23(31)26-10-15-2-4-20(24)5-3-15/h2-5,8-9,11-13H,6-7,10,14H2,1H3,(H,26,31). The van der Waals surface area contributed by atoms with Crippen LogP contribution < -0.4 is 5.32 Å². The van der Waals surface area contributed by atoms with Gasteiger partial charge in [0.1, 0.15) is 5.82 Å². The van der Waals surface area contributed by atoms with Crippen LogP contribution in [0.4, 0.5) is 9.18 Å². The van der Waals surface area contributed by atoms with Crippen LogP contribution in [0.3, 0.4) is 0 Å². The summed E-state index contributed by atoms with van der Waals surface area (Å²) in [5.41, 5.74) is 5.55. The summed E-state index contributed by atoms with van der Waals surface area (Å²) in [7, 11) is 1.88. The maximum atomic E-state index is 13.0. The molecule has 2 amide bonds. The number of amides is 2. The molecule has 7 nitrogen and oxygen atoms in total. The van der Waals surface area contributed by atoms with Crippen molar-refractivity contribution in [2.24, 2.45) is 7.05 Å². The van der Waals surface area contributed by atoms with Crippen LogP contribution >= 0.6 is 0 Å². The lowest BCUT2D eigenvalue weighted by atomic mass is 10.0. The normalized spacial score (nSPS) is 13.3. The second-order valence-corrected chi connectivity index (χ2v) is 7.72. The van der Waals surface area contributed by atoms with Crippen molar-refractivity contribution in [3.8, 4) is 11.1 Å². The fraction of sp³-hybridized carbons (Fsp3) is 0.217. The Morgan fingerprint density at radius 2 is 2.00 bits per heavy atom. The van der Waals surface area contributed by atoms with Crippen molar-refractivity contribution < 1.29 is 9.18 Å². The Hall–Kier alpha value is -3.81. The molecule has 0 atom stereocenters. The van der Waals surface area contributed by atoms with Gasteiger partial charge < -0.3 is 10.2 Å². The maximum absolute atomic E-state index is 13.0. The van der Waals surface area contributed by atoms with Gasteiger partial charge in [-0.2, -0.15) is 5.10 Å². The van der Waals surface area contributed by atoms with E-state index in [0.29, 0.717) is 31.7 Å². The number of fused-ring (bicyclic) bond motifs is 2. The summed E-state index contributed by atoms with van der Waals surface area (Å²) >= 11 is 0. The van der Waals surface area contributed by atoms with Crippen molar-refractivity contribution in [3.05, 3.63) is 77.6 Å². The zero-order chi connectivity index (χ0) is 21.4. The third-order valence-corrected chi connectivity index (χ3v) is 5.50. The summed E-state index contributed by atoms with van der Waals surface area (Å²) in [6.07, 6.45) is 6.25. The molecule has 1 aliphatic rings. The Morgan fingerprint density at radius 1 is 1.16 bits per heavy atom. The van der Waals surface area contributed by atoms with Crippen molar-refractivity contribution in [1.29, 1.82) is 0 Å². The first-order chi connectivity index (χ1) is 15.0. The van der Waals surface area contributed by atoms with Gasteiger partial charge in [-0.25, -0.2) is 19.2 Å². The van der Waals surface area contributed by atoms with Gasteiger partial charge in [0.25, 0.3) is 0 Å². The molecule has 31 heavy (non-hydrogen) atoms. The molecule has 1 N–H and O–H groups in total. The van der Waals surface area contributed by atoms with Crippen LogP contribution in [0, 0.1) is 5.82 Å². The quantitative estimate of drug-likeness (QED) is 0.555. The molecule has 156 valence electrons. The minimum absolute atomic E-state index is 0.141. The number of benzene rings is 1. The van der Waals surface area contributed by atoms with Crippen molar-refractivity contribution in [3.63, 3.8) is 0 Å². The van der Waals surface area contributed by atoms with Gasteiger partial charge in [0.2, 0.25) is 0 Å². The van der Waals surface area contributed by atoms with E-state index in [1.807, 2.05) is 25.6 Å². The number of hydrogen-bond donors (Lipinski definition) is 1. The van der Waals surface area contributed by atoms with Crippen molar-refractivity contribution in [1.82, 2.24) is 30.0 Å². The van der Waals surface area contributed by atoms with Gasteiger partial charge in [-0.05, 0) is 35.4 Å². The Labute approximate surface area is 178 Å². The highest BCUT2D eigenvalue weighted by Crippen LogP contribution is 2.25. The number of urea groups is 1. The van der Waals surface area contributed by atoms with Gasteiger partial charge in [-0.3, -0.25) is 4.68 Å². The lowest BCUT2D eigenvalue weighted by Crippen LogP contribution is -2.42. The molecule has 5 rings (SSSR count). The molecule has 0 saturated carbocycles. The average molecular weight is 416 g/mol. The number of pyridine rings is 2. The molecule has 0 unspecified atom stereocenters. The molecule has 8 heteroatoms. The summed E-state index contributed by atoms with van der Waals surface area (Å²) in [6, 6.07) is 10.1. The number of nitrogens with zero attached hydrogens (tertiary/aromatic N) is 5. The van der Waals surface area contributed by atoms with Gasteiger partial charge >= 0.3 is 6.03 Å². The Bertz CT molecular complexity index is 1270. The van der Waals surface area contributed by atoms with Gasteiger partial charge in [0.05, 0.1) is 6.20 Å². The largest absolute Gasteiger partial charge is 0.334 e. The minimum atomic E-state index is -0.288. The van der Waals surface area contributed by atoms with E-state index >= 15 is 0 Å². The Morgan fingerprint density at radius 3 is 2.77 bits per heavy atom. The molecule has 0 bridgehead atoms. The van der Waals surface area contributed by atoms with E-state index < -0.39 is 0 Å². The van der Waals surface area contributed by atoms with Crippen LogP contribution in [0.1, 0.15) is 16.8 Å². The molecule has 0 radical (unpaired) electrons. The minimum Gasteiger partial charge on any atom is -0.334 e. The molecular weight excluding hydrogens is 395 g/mol. The summed E-state index contributed by atoms with van der Waals surface area (Å²) in [5.74, 6) is -0.288. The summed E-state index contributed by atoms with van der Waals surface area (Å²) < 4.78 is 14.8. The molecule has 0 aliphatic carbocycles. The van der Waals surface area contributed by atoms with Crippen LogP contribution in [-0.2, 0) is 26.6 Å². The average Bonchev–Trinajstić information content (AvgIpc) is 3.22. The molecule has 3 aromatic heterocycles. The van der Waals surface area contributed by atoms with E-state index in [9.17, 15) is 9.18 Å². The van der Waals surface area contributed by atoms with Crippen molar-refractivity contribution in [2.75, 3.05) is 6.54 Å². The molecule has 1 aliphatic heterocycles. The van der Waals surface area contributed by atoms with Gasteiger partial charge in [0.15, 0.2) is 5.65 Å². The van der Waals surface area contributed by atoms with Crippen molar-refractivity contribution >= 4 is 17.1 Å². The molecule has 4 heterocycles. The molecule has 0 saturated heterocycles. The van der Waals surface area contributed by atoms with Crippen LogP contribution in [0.5, 0.6) is 0 Å².